The predicted octanol–water partition coefficient (Wildman–Crippen LogP) is 0.0297. The van der Waals surface area contributed by atoms with E-state index in [2.05, 4.69) is 39.4 Å². The van der Waals surface area contributed by atoms with Gasteiger partial charge >= 0.3 is 0 Å². The first-order valence-corrected chi connectivity index (χ1v) is 5.90. The van der Waals surface area contributed by atoms with Crippen molar-refractivity contribution in [2.24, 2.45) is 0 Å². The van der Waals surface area contributed by atoms with Crippen molar-refractivity contribution in [3.8, 4) is 0 Å². The SMILES string of the molecule is CN1CCN(CC(O)CI)CC1. The molecule has 4 heteroatoms. The molecule has 1 rings (SSSR count). The number of piperazine rings is 1. The molecule has 0 aromatic rings. The molecular formula is C8H17IN2O. The van der Waals surface area contributed by atoms with E-state index in [1.54, 1.807) is 0 Å². The molecule has 0 aromatic heterocycles. The number of rotatable bonds is 3. The number of nitrogens with zero attached hydrogens (tertiary/aromatic N) is 2. The van der Waals surface area contributed by atoms with Gasteiger partial charge in [-0.1, -0.05) is 22.6 Å². The molecular weight excluding hydrogens is 267 g/mol. The number of halogens is 1. The number of β-amino-alcohol motifs (C(OH)–C–C–N with tert-alkyl or cyclic N) is 1. The zero-order valence-electron chi connectivity index (χ0n) is 7.54. The van der Waals surface area contributed by atoms with E-state index >= 15 is 0 Å². The van der Waals surface area contributed by atoms with Crippen molar-refractivity contribution in [3.63, 3.8) is 0 Å². The maximum absolute atomic E-state index is 9.41. The van der Waals surface area contributed by atoms with Crippen LogP contribution in [-0.2, 0) is 0 Å². The quantitative estimate of drug-likeness (QED) is 0.585. The van der Waals surface area contributed by atoms with E-state index in [1.807, 2.05) is 0 Å². The van der Waals surface area contributed by atoms with Gasteiger partial charge in [-0.05, 0) is 7.05 Å². The smallest absolute Gasteiger partial charge is 0.0756 e. The molecule has 0 amide bonds. The largest absolute Gasteiger partial charge is 0.391 e. The van der Waals surface area contributed by atoms with Crippen molar-refractivity contribution >= 4 is 22.6 Å². The van der Waals surface area contributed by atoms with Gasteiger partial charge in [-0.25, -0.2) is 0 Å². The normalized spacial score (nSPS) is 24.2. The summed E-state index contributed by atoms with van der Waals surface area (Å²) in [6.07, 6.45) is -0.144. The summed E-state index contributed by atoms with van der Waals surface area (Å²) in [6.45, 7) is 5.31. The fraction of sp³-hybridized carbons (Fsp3) is 1.00. The molecule has 1 fully saturated rings. The third-order valence-corrected chi connectivity index (χ3v) is 3.26. The molecule has 3 nitrogen and oxygen atoms in total. The van der Waals surface area contributed by atoms with Crippen molar-refractivity contribution < 1.29 is 5.11 Å². The number of likely N-dealkylation sites (N-methyl/N-ethyl adjacent to an activating group) is 1. The van der Waals surface area contributed by atoms with Crippen molar-refractivity contribution in [1.82, 2.24) is 9.80 Å². The molecule has 0 radical (unpaired) electrons. The zero-order chi connectivity index (χ0) is 8.97. The lowest BCUT2D eigenvalue weighted by atomic mass is 10.3. The Kier molecular flexibility index (Phi) is 4.78. The number of hydrogen-bond acceptors (Lipinski definition) is 3. The Hall–Kier alpha value is 0.610. The number of alkyl halides is 1. The number of aliphatic hydroxyl groups is 1. The van der Waals surface area contributed by atoms with Crippen molar-refractivity contribution in [2.45, 2.75) is 6.10 Å². The molecule has 1 N–H and O–H groups in total. The molecule has 1 saturated heterocycles. The van der Waals surface area contributed by atoms with Gasteiger partial charge in [0.1, 0.15) is 0 Å². The van der Waals surface area contributed by atoms with Crippen LogP contribution in [0.15, 0.2) is 0 Å². The van der Waals surface area contributed by atoms with E-state index in [-0.39, 0.29) is 6.10 Å². The average molecular weight is 284 g/mol. The lowest BCUT2D eigenvalue weighted by molar-refractivity contribution is 0.0934. The minimum absolute atomic E-state index is 0.144. The Labute approximate surface area is 87.9 Å². The first-order valence-electron chi connectivity index (χ1n) is 4.37. The summed E-state index contributed by atoms with van der Waals surface area (Å²) in [5.74, 6) is 0. The van der Waals surface area contributed by atoms with E-state index in [9.17, 15) is 5.11 Å². The van der Waals surface area contributed by atoms with Crippen LogP contribution in [0, 0.1) is 0 Å². The first-order chi connectivity index (χ1) is 5.72. The van der Waals surface area contributed by atoms with Crippen LogP contribution in [0.4, 0.5) is 0 Å². The molecule has 1 aliphatic rings. The fourth-order valence-corrected chi connectivity index (χ4v) is 1.66. The molecule has 1 heterocycles. The van der Waals surface area contributed by atoms with Crippen LogP contribution in [0.1, 0.15) is 0 Å². The molecule has 0 saturated carbocycles. The van der Waals surface area contributed by atoms with Gasteiger partial charge < -0.3 is 10.0 Å². The lowest BCUT2D eigenvalue weighted by Crippen LogP contribution is -2.47. The average Bonchev–Trinajstić information content (AvgIpc) is 2.09. The van der Waals surface area contributed by atoms with Gasteiger partial charge in [-0.3, -0.25) is 4.90 Å². The second-order valence-electron chi connectivity index (χ2n) is 3.41. The highest BCUT2D eigenvalue weighted by Crippen LogP contribution is 2.01. The Morgan fingerprint density at radius 2 is 1.92 bits per heavy atom. The summed E-state index contributed by atoms with van der Waals surface area (Å²) in [5, 5.41) is 9.41. The first kappa shape index (κ1) is 10.7. The third kappa shape index (κ3) is 3.55. The van der Waals surface area contributed by atoms with Crippen LogP contribution in [0.5, 0.6) is 0 Å². The molecule has 0 bridgehead atoms. The Bertz CT molecular complexity index is 126. The van der Waals surface area contributed by atoms with Crippen molar-refractivity contribution in [2.75, 3.05) is 44.2 Å². The van der Waals surface area contributed by atoms with Crippen LogP contribution in [0.25, 0.3) is 0 Å². The van der Waals surface area contributed by atoms with Crippen LogP contribution < -0.4 is 0 Å². The lowest BCUT2D eigenvalue weighted by Gasteiger charge is -2.33. The summed E-state index contributed by atoms with van der Waals surface area (Å²) in [6, 6.07) is 0. The molecule has 0 aromatic carbocycles. The van der Waals surface area contributed by atoms with Gasteiger partial charge in [0, 0.05) is 37.2 Å². The van der Waals surface area contributed by atoms with Crippen LogP contribution in [-0.4, -0.2) is 65.2 Å². The minimum atomic E-state index is -0.144. The van der Waals surface area contributed by atoms with E-state index < -0.39 is 0 Å². The van der Waals surface area contributed by atoms with Crippen molar-refractivity contribution in [3.05, 3.63) is 0 Å². The third-order valence-electron chi connectivity index (χ3n) is 2.24. The summed E-state index contributed by atoms with van der Waals surface area (Å²) in [5.41, 5.74) is 0. The molecule has 1 unspecified atom stereocenters. The van der Waals surface area contributed by atoms with E-state index in [4.69, 9.17) is 0 Å². The number of hydrogen-bond donors (Lipinski definition) is 1. The van der Waals surface area contributed by atoms with Gasteiger partial charge in [-0.15, -0.1) is 0 Å². The number of aliphatic hydroxyl groups excluding tert-OH is 1. The van der Waals surface area contributed by atoms with Gasteiger partial charge in [-0.2, -0.15) is 0 Å². The van der Waals surface area contributed by atoms with Crippen molar-refractivity contribution in [1.29, 1.82) is 0 Å². The second kappa shape index (κ2) is 5.36. The van der Waals surface area contributed by atoms with Crippen LogP contribution >= 0.6 is 22.6 Å². The fourth-order valence-electron chi connectivity index (χ4n) is 1.38. The standard InChI is InChI=1S/C8H17IN2O/c1-10-2-4-11(5-3-10)7-8(12)6-9/h8,12H,2-7H2,1H3. The highest BCUT2D eigenvalue weighted by molar-refractivity contribution is 14.1. The van der Waals surface area contributed by atoms with E-state index in [1.165, 1.54) is 0 Å². The molecule has 72 valence electrons. The maximum Gasteiger partial charge on any atom is 0.0756 e. The summed E-state index contributed by atoms with van der Waals surface area (Å²) in [7, 11) is 2.14. The minimum Gasteiger partial charge on any atom is -0.391 e. The molecule has 12 heavy (non-hydrogen) atoms. The van der Waals surface area contributed by atoms with E-state index in [0.29, 0.717) is 0 Å². The van der Waals surface area contributed by atoms with E-state index in [0.717, 1.165) is 37.2 Å². The van der Waals surface area contributed by atoms with Gasteiger partial charge in [0.2, 0.25) is 0 Å². The van der Waals surface area contributed by atoms with Crippen LogP contribution in [0.3, 0.4) is 0 Å². The maximum atomic E-state index is 9.41. The summed E-state index contributed by atoms with van der Waals surface area (Å²) < 4.78 is 0.837. The highest BCUT2D eigenvalue weighted by atomic mass is 127. The van der Waals surface area contributed by atoms with Gasteiger partial charge in [0.05, 0.1) is 6.10 Å². The molecule has 1 aliphatic heterocycles. The zero-order valence-corrected chi connectivity index (χ0v) is 9.70. The molecule has 0 spiro atoms. The second-order valence-corrected chi connectivity index (χ2v) is 4.29. The van der Waals surface area contributed by atoms with Crippen LogP contribution in [0.2, 0.25) is 0 Å². The Balaban J connectivity index is 2.17. The summed E-state index contributed by atoms with van der Waals surface area (Å²) >= 11 is 2.23. The summed E-state index contributed by atoms with van der Waals surface area (Å²) in [4.78, 5) is 4.66. The molecule has 1 atom stereocenters. The monoisotopic (exact) mass is 284 g/mol. The topological polar surface area (TPSA) is 26.7 Å². The van der Waals surface area contributed by atoms with Gasteiger partial charge in [0.15, 0.2) is 0 Å². The highest BCUT2D eigenvalue weighted by Gasteiger charge is 2.15. The predicted molar refractivity (Wildman–Crippen MR) is 58.8 cm³/mol. The Morgan fingerprint density at radius 3 is 2.42 bits per heavy atom. The molecule has 0 aliphatic carbocycles. The Morgan fingerprint density at radius 1 is 1.33 bits per heavy atom. The van der Waals surface area contributed by atoms with Gasteiger partial charge in [0.25, 0.3) is 0 Å².